The van der Waals surface area contributed by atoms with Crippen molar-refractivity contribution in [2.24, 2.45) is 5.41 Å². The zero-order valence-corrected chi connectivity index (χ0v) is 19.0. The molecule has 1 fully saturated rings. The van der Waals surface area contributed by atoms with Gasteiger partial charge in [-0.3, -0.25) is 14.7 Å². The molecule has 2 heterocycles. The van der Waals surface area contributed by atoms with E-state index in [1.165, 1.54) is 5.56 Å². The van der Waals surface area contributed by atoms with Gasteiger partial charge >= 0.3 is 0 Å². The molecule has 4 aromatic rings. The van der Waals surface area contributed by atoms with E-state index in [4.69, 9.17) is 4.98 Å². The molecule has 1 saturated heterocycles. The van der Waals surface area contributed by atoms with Crippen molar-refractivity contribution in [1.82, 2.24) is 14.9 Å². The lowest BCUT2D eigenvalue weighted by Gasteiger charge is -2.44. The fourth-order valence-corrected chi connectivity index (χ4v) is 4.72. The fraction of sp³-hybridized carbons (Fsp3) is 0.207. The number of benzene rings is 3. The van der Waals surface area contributed by atoms with E-state index in [9.17, 15) is 4.79 Å². The molecule has 4 nitrogen and oxygen atoms in total. The lowest BCUT2D eigenvalue weighted by atomic mass is 9.74. The Labute approximate surface area is 194 Å². The molecule has 0 radical (unpaired) electrons. The number of para-hydroxylation sites is 2. The number of ketones is 1. The van der Waals surface area contributed by atoms with Crippen LogP contribution in [0.4, 0.5) is 0 Å². The maximum atomic E-state index is 13.8. The molecule has 0 amide bonds. The van der Waals surface area contributed by atoms with Crippen LogP contribution in [0.3, 0.4) is 0 Å². The minimum atomic E-state index is -0.504. The molecule has 0 bridgehead atoms. The number of piperidine rings is 1. The first-order valence-electron chi connectivity index (χ1n) is 11.3. The number of hydrogen-bond donors (Lipinski definition) is 0. The Morgan fingerprint density at radius 2 is 1.55 bits per heavy atom. The number of aromatic nitrogens is 2. The molecule has 0 saturated carbocycles. The van der Waals surface area contributed by atoms with Crippen LogP contribution in [0.15, 0.2) is 96.7 Å². The Morgan fingerprint density at radius 1 is 0.909 bits per heavy atom. The van der Waals surface area contributed by atoms with Gasteiger partial charge in [0.25, 0.3) is 0 Å². The summed E-state index contributed by atoms with van der Waals surface area (Å²) >= 11 is 0. The predicted octanol–water partition coefficient (Wildman–Crippen LogP) is 5.87. The Balaban J connectivity index is 1.64. The number of carbonyl (C=O) groups excluding carboxylic acids is 1. The Kier molecular flexibility index (Phi) is 5.61. The van der Waals surface area contributed by atoms with Crippen molar-refractivity contribution in [3.8, 4) is 0 Å². The summed E-state index contributed by atoms with van der Waals surface area (Å²) in [6, 6.07) is 28.4. The van der Waals surface area contributed by atoms with Crippen molar-refractivity contribution < 1.29 is 4.79 Å². The molecule has 0 spiro atoms. The molecule has 1 aliphatic heterocycles. The smallest absolute Gasteiger partial charge is 0.167 e. The number of carbonyl (C=O) groups is 1. The van der Waals surface area contributed by atoms with E-state index in [-0.39, 0.29) is 11.8 Å². The number of hydrogen-bond acceptors (Lipinski definition) is 4. The maximum Gasteiger partial charge on any atom is 0.167 e. The number of Topliss-reactive ketones (excluding diaryl/α,β-unsaturated/α-hetero) is 1. The highest BCUT2D eigenvalue weighted by molar-refractivity contribution is 6.05. The van der Waals surface area contributed by atoms with E-state index in [0.29, 0.717) is 12.2 Å². The summed E-state index contributed by atoms with van der Waals surface area (Å²) in [6.45, 7) is 5.52. The minimum Gasteiger partial charge on any atom is -0.294 e. The second-order valence-electron chi connectivity index (χ2n) is 9.30. The zero-order chi connectivity index (χ0) is 22.8. The molecule has 3 aromatic carbocycles. The van der Waals surface area contributed by atoms with Gasteiger partial charge in [-0.15, -0.1) is 0 Å². The lowest BCUT2D eigenvalue weighted by Crippen LogP contribution is -2.49. The SMILES string of the molecule is CC1(C)CN(Cc2ccccc2)C(c2ccccc2)C(=Cc2cnc3ccccc3n2)C1=O. The third-order valence-corrected chi connectivity index (χ3v) is 6.25. The first kappa shape index (κ1) is 21.2. The molecule has 0 N–H and O–H groups in total. The van der Waals surface area contributed by atoms with Crippen molar-refractivity contribution in [3.63, 3.8) is 0 Å². The summed E-state index contributed by atoms with van der Waals surface area (Å²) in [7, 11) is 0. The molecule has 1 aliphatic rings. The van der Waals surface area contributed by atoms with Crippen LogP contribution in [0.25, 0.3) is 17.1 Å². The van der Waals surface area contributed by atoms with E-state index in [2.05, 4.69) is 46.3 Å². The molecule has 164 valence electrons. The van der Waals surface area contributed by atoms with Crippen LogP contribution < -0.4 is 0 Å². The van der Waals surface area contributed by atoms with Gasteiger partial charge in [0.15, 0.2) is 5.78 Å². The topological polar surface area (TPSA) is 46.1 Å². The van der Waals surface area contributed by atoms with Crippen LogP contribution in [-0.2, 0) is 11.3 Å². The first-order chi connectivity index (χ1) is 16.0. The highest BCUT2D eigenvalue weighted by Gasteiger charge is 2.43. The van der Waals surface area contributed by atoms with Gasteiger partial charge in [-0.2, -0.15) is 0 Å². The average molecular weight is 434 g/mol. The minimum absolute atomic E-state index is 0.153. The maximum absolute atomic E-state index is 13.8. The third kappa shape index (κ3) is 4.35. The number of likely N-dealkylation sites (tertiary alicyclic amines) is 1. The van der Waals surface area contributed by atoms with Gasteiger partial charge in [0, 0.05) is 24.1 Å². The second kappa shape index (κ2) is 8.72. The second-order valence-corrected chi connectivity index (χ2v) is 9.30. The summed E-state index contributed by atoms with van der Waals surface area (Å²) < 4.78 is 0. The standard InChI is InChI=1S/C29H27N3O/c1-29(2)20-32(19-21-11-5-3-6-12-21)27(22-13-7-4-8-14-22)24(28(29)33)17-23-18-30-25-15-9-10-16-26(25)31-23/h3-18,27H,19-20H2,1-2H3. The van der Waals surface area contributed by atoms with E-state index in [1.54, 1.807) is 6.20 Å². The van der Waals surface area contributed by atoms with Crippen LogP contribution in [0.5, 0.6) is 0 Å². The van der Waals surface area contributed by atoms with Gasteiger partial charge in [-0.05, 0) is 29.3 Å². The first-order valence-corrected chi connectivity index (χ1v) is 11.3. The van der Waals surface area contributed by atoms with Gasteiger partial charge < -0.3 is 0 Å². The number of nitrogens with zero attached hydrogens (tertiary/aromatic N) is 3. The van der Waals surface area contributed by atoms with Crippen LogP contribution in [-0.4, -0.2) is 27.2 Å². The van der Waals surface area contributed by atoms with Crippen molar-refractivity contribution in [1.29, 1.82) is 0 Å². The highest BCUT2D eigenvalue weighted by Crippen LogP contribution is 2.42. The van der Waals surface area contributed by atoms with Gasteiger partial charge in [-0.25, -0.2) is 4.98 Å². The summed E-state index contributed by atoms with van der Waals surface area (Å²) in [6.07, 6.45) is 3.70. The third-order valence-electron chi connectivity index (χ3n) is 6.25. The van der Waals surface area contributed by atoms with Gasteiger partial charge in [0.05, 0.1) is 29.0 Å². The summed E-state index contributed by atoms with van der Waals surface area (Å²) in [4.78, 5) is 25.5. The van der Waals surface area contributed by atoms with Crippen molar-refractivity contribution in [2.45, 2.75) is 26.4 Å². The molecule has 1 atom stereocenters. The van der Waals surface area contributed by atoms with E-state index in [0.717, 1.165) is 28.7 Å². The van der Waals surface area contributed by atoms with Crippen LogP contribution in [0.1, 0.15) is 36.7 Å². The highest BCUT2D eigenvalue weighted by atomic mass is 16.1. The Morgan fingerprint density at radius 3 is 2.27 bits per heavy atom. The number of rotatable bonds is 4. The molecular formula is C29H27N3O. The average Bonchev–Trinajstić information content (AvgIpc) is 2.83. The molecule has 0 aliphatic carbocycles. The largest absolute Gasteiger partial charge is 0.294 e. The molecule has 1 aromatic heterocycles. The van der Waals surface area contributed by atoms with Gasteiger partial charge in [0.2, 0.25) is 0 Å². The molecule has 33 heavy (non-hydrogen) atoms. The van der Waals surface area contributed by atoms with Crippen LogP contribution in [0.2, 0.25) is 0 Å². The van der Waals surface area contributed by atoms with Crippen LogP contribution >= 0.6 is 0 Å². The molecular weight excluding hydrogens is 406 g/mol. The normalized spacial score (nSPS) is 19.8. The van der Waals surface area contributed by atoms with E-state index < -0.39 is 5.41 Å². The molecule has 1 unspecified atom stereocenters. The predicted molar refractivity (Wildman–Crippen MR) is 132 cm³/mol. The van der Waals surface area contributed by atoms with Crippen molar-refractivity contribution in [3.05, 3.63) is 114 Å². The molecule has 4 heteroatoms. The quantitative estimate of drug-likeness (QED) is 0.378. The fourth-order valence-electron chi connectivity index (χ4n) is 4.72. The number of fused-ring (bicyclic) bond motifs is 1. The summed E-state index contributed by atoms with van der Waals surface area (Å²) in [5.41, 5.74) is 4.97. The summed E-state index contributed by atoms with van der Waals surface area (Å²) in [5, 5.41) is 0. The lowest BCUT2D eigenvalue weighted by molar-refractivity contribution is -0.128. The Hall–Kier alpha value is -3.63. The molecule has 5 rings (SSSR count). The van der Waals surface area contributed by atoms with Gasteiger partial charge in [0.1, 0.15) is 0 Å². The zero-order valence-electron chi connectivity index (χ0n) is 19.0. The van der Waals surface area contributed by atoms with Crippen molar-refractivity contribution >= 4 is 22.9 Å². The van der Waals surface area contributed by atoms with Crippen molar-refractivity contribution in [2.75, 3.05) is 6.54 Å². The van der Waals surface area contributed by atoms with E-state index >= 15 is 0 Å². The Bertz CT molecular complexity index is 1310. The van der Waals surface area contributed by atoms with Crippen LogP contribution in [0, 0.1) is 5.41 Å². The monoisotopic (exact) mass is 433 g/mol. The van der Waals surface area contributed by atoms with E-state index in [1.807, 2.05) is 68.5 Å². The summed E-state index contributed by atoms with van der Waals surface area (Å²) in [5.74, 6) is 0.163. The van der Waals surface area contributed by atoms with Gasteiger partial charge in [-0.1, -0.05) is 86.6 Å².